The summed E-state index contributed by atoms with van der Waals surface area (Å²) >= 11 is 0. The van der Waals surface area contributed by atoms with Crippen LogP contribution in [0, 0.1) is 11.8 Å². The fraction of sp³-hybridized carbons (Fsp3) is 0.281. The largest absolute Gasteiger partial charge is 0.340 e. The molecule has 3 aromatic heterocycles. The van der Waals surface area contributed by atoms with E-state index in [9.17, 15) is 9.59 Å². The molecule has 204 valence electrons. The Morgan fingerprint density at radius 3 is 1.98 bits per heavy atom. The smallest absolute Gasteiger partial charge is 0.256 e. The lowest BCUT2D eigenvalue weighted by molar-refractivity contribution is -0.129. The molecule has 0 unspecified atom stereocenters. The first-order valence-electron chi connectivity index (χ1n) is 14.0. The molecule has 7 rings (SSSR count). The number of nitrogens with one attached hydrogen (secondary N) is 2. The van der Waals surface area contributed by atoms with Crippen LogP contribution in [-0.4, -0.2) is 59.6 Å². The van der Waals surface area contributed by atoms with Crippen LogP contribution in [-0.2, 0) is 4.79 Å². The molecule has 9 nitrogen and oxygen atoms in total. The van der Waals surface area contributed by atoms with Crippen molar-refractivity contribution in [2.75, 3.05) is 13.1 Å². The third-order valence-electron chi connectivity index (χ3n) is 8.06. The average molecular weight is 544 g/mol. The molecule has 5 aromatic rings. The van der Waals surface area contributed by atoms with E-state index >= 15 is 0 Å². The molecule has 2 aliphatic rings. The highest BCUT2D eigenvalue weighted by Crippen LogP contribution is 2.33. The summed E-state index contributed by atoms with van der Waals surface area (Å²) in [6.45, 7) is 3.09. The topological polar surface area (TPSA) is 111 Å². The predicted octanol–water partition coefficient (Wildman–Crippen LogP) is 4.89. The lowest BCUT2D eigenvalue weighted by atomic mass is 10.1. The summed E-state index contributed by atoms with van der Waals surface area (Å²) in [5.74, 6) is 8.24. The first-order chi connectivity index (χ1) is 20.0. The van der Waals surface area contributed by atoms with Gasteiger partial charge in [0.25, 0.3) is 5.91 Å². The quantitative estimate of drug-likeness (QED) is 0.315. The lowest BCUT2D eigenvalue weighted by Crippen LogP contribution is -2.31. The zero-order valence-electron chi connectivity index (χ0n) is 22.7. The van der Waals surface area contributed by atoms with Crippen LogP contribution in [0.3, 0.4) is 0 Å². The predicted molar refractivity (Wildman–Crippen MR) is 155 cm³/mol. The number of hydrogen-bond acceptors (Lipinski definition) is 5. The molecule has 0 saturated carbocycles. The number of aromatic amines is 2. The number of carbonyl (C=O) groups excluding carboxylic acids is 2. The monoisotopic (exact) mass is 543 g/mol. The molecule has 2 fully saturated rings. The van der Waals surface area contributed by atoms with Crippen molar-refractivity contribution in [3.05, 3.63) is 89.3 Å². The number of fused-ring (bicyclic) bond motifs is 2. The van der Waals surface area contributed by atoms with Crippen LogP contribution in [0.5, 0.6) is 0 Å². The van der Waals surface area contributed by atoms with Crippen molar-refractivity contribution < 1.29 is 9.59 Å². The van der Waals surface area contributed by atoms with Gasteiger partial charge in [-0.3, -0.25) is 14.6 Å². The molecule has 0 aliphatic carbocycles. The molecule has 2 aliphatic heterocycles. The van der Waals surface area contributed by atoms with Crippen LogP contribution in [0.1, 0.15) is 77.8 Å². The minimum absolute atomic E-state index is 0.00485. The number of nitrogens with zero attached hydrogens (tertiary/aromatic N) is 5. The summed E-state index contributed by atoms with van der Waals surface area (Å²) in [5, 5.41) is 0. The van der Waals surface area contributed by atoms with Gasteiger partial charge in [-0.15, -0.1) is 0 Å². The number of amides is 2. The van der Waals surface area contributed by atoms with Gasteiger partial charge in [0, 0.05) is 43.5 Å². The number of H-pyrrole nitrogens is 2. The van der Waals surface area contributed by atoms with Crippen molar-refractivity contribution in [1.82, 2.24) is 34.7 Å². The molecule has 0 spiro atoms. The molecular formula is C32H29N7O2. The second-order valence-corrected chi connectivity index (χ2v) is 10.7. The Morgan fingerprint density at radius 1 is 0.829 bits per heavy atom. The maximum atomic E-state index is 13.1. The molecule has 2 aromatic carbocycles. The number of rotatable bonds is 3. The van der Waals surface area contributed by atoms with E-state index in [0.717, 1.165) is 77.1 Å². The fourth-order valence-electron chi connectivity index (χ4n) is 6.05. The second-order valence-electron chi connectivity index (χ2n) is 10.7. The lowest BCUT2D eigenvalue weighted by Gasteiger charge is -2.23. The van der Waals surface area contributed by atoms with Gasteiger partial charge in [-0.1, -0.05) is 11.8 Å². The van der Waals surface area contributed by atoms with Crippen molar-refractivity contribution in [1.29, 1.82) is 0 Å². The third kappa shape index (κ3) is 4.72. The van der Waals surface area contributed by atoms with Gasteiger partial charge in [-0.05, 0) is 74.2 Å². The Kier molecular flexibility index (Phi) is 6.23. The van der Waals surface area contributed by atoms with Crippen molar-refractivity contribution >= 4 is 33.9 Å². The van der Waals surface area contributed by atoms with Crippen LogP contribution in [0.25, 0.3) is 22.1 Å². The summed E-state index contributed by atoms with van der Waals surface area (Å²) in [6.07, 6.45) is 6.99. The van der Waals surface area contributed by atoms with Crippen molar-refractivity contribution in [2.45, 2.75) is 44.7 Å². The van der Waals surface area contributed by atoms with E-state index in [1.54, 1.807) is 31.5 Å². The summed E-state index contributed by atoms with van der Waals surface area (Å²) in [6, 6.07) is 15.4. The minimum atomic E-state index is -0.0950. The molecule has 0 bridgehead atoms. The average Bonchev–Trinajstić information content (AvgIpc) is 3.80. The van der Waals surface area contributed by atoms with E-state index in [1.165, 1.54) is 0 Å². The molecule has 5 heterocycles. The van der Waals surface area contributed by atoms with E-state index in [0.29, 0.717) is 12.1 Å². The van der Waals surface area contributed by atoms with E-state index in [-0.39, 0.29) is 23.9 Å². The molecule has 2 amide bonds. The number of benzene rings is 2. The molecule has 41 heavy (non-hydrogen) atoms. The number of imidazole rings is 2. The molecular weight excluding hydrogens is 514 g/mol. The van der Waals surface area contributed by atoms with Gasteiger partial charge in [0.05, 0.1) is 39.7 Å². The molecule has 2 saturated heterocycles. The van der Waals surface area contributed by atoms with Crippen molar-refractivity contribution in [3.8, 4) is 11.8 Å². The first kappa shape index (κ1) is 25.0. The standard InChI is InChI=1S/C32H29N7O2/c1-20(40)38-15-3-6-28(38)30-34-24-12-10-21(17-26(24)36-30)8-9-22-11-13-25-27(18-22)37-31(35-25)29-7-4-16-39(29)32(41)23-5-2-14-33-19-23/h2,5,10-14,17-19,28-29H,3-4,6-7,15-16H2,1H3,(H,34,36)(H,35,37)/t28-,29-/m0/s1. The van der Waals surface area contributed by atoms with Gasteiger partial charge in [0.1, 0.15) is 11.6 Å². The highest BCUT2D eigenvalue weighted by molar-refractivity contribution is 5.94. The van der Waals surface area contributed by atoms with Gasteiger partial charge in [0.2, 0.25) is 5.91 Å². The highest BCUT2D eigenvalue weighted by Gasteiger charge is 2.33. The zero-order chi connectivity index (χ0) is 27.9. The van der Waals surface area contributed by atoms with Gasteiger partial charge >= 0.3 is 0 Å². The normalized spacial score (nSPS) is 18.7. The summed E-state index contributed by atoms with van der Waals surface area (Å²) in [4.78, 5) is 49.4. The summed E-state index contributed by atoms with van der Waals surface area (Å²) < 4.78 is 0. The van der Waals surface area contributed by atoms with Gasteiger partial charge in [0.15, 0.2) is 0 Å². The number of hydrogen-bond donors (Lipinski definition) is 2. The van der Waals surface area contributed by atoms with Crippen molar-refractivity contribution in [3.63, 3.8) is 0 Å². The van der Waals surface area contributed by atoms with Crippen LogP contribution >= 0.6 is 0 Å². The Balaban J connectivity index is 1.11. The van der Waals surface area contributed by atoms with E-state index in [4.69, 9.17) is 9.97 Å². The van der Waals surface area contributed by atoms with Crippen molar-refractivity contribution in [2.24, 2.45) is 0 Å². The van der Waals surface area contributed by atoms with E-state index in [1.807, 2.05) is 46.2 Å². The minimum Gasteiger partial charge on any atom is -0.340 e. The van der Waals surface area contributed by atoms with Gasteiger partial charge in [-0.25, -0.2) is 9.97 Å². The molecule has 2 atom stereocenters. The van der Waals surface area contributed by atoms with Crippen LogP contribution < -0.4 is 0 Å². The van der Waals surface area contributed by atoms with E-state index in [2.05, 4.69) is 26.8 Å². The van der Waals surface area contributed by atoms with Crippen LogP contribution in [0.2, 0.25) is 0 Å². The number of carbonyl (C=O) groups is 2. The number of aromatic nitrogens is 5. The Bertz CT molecular complexity index is 1850. The molecule has 0 radical (unpaired) electrons. The fourth-order valence-corrected chi connectivity index (χ4v) is 6.05. The Morgan fingerprint density at radius 2 is 1.41 bits per heavy atom. The van der Waals surface area contributed by atoms with Gasteiger partial charge < -0.3 is 19.8 Å². The van der Waals surface area contributed by atoms with Crippen LogP contribution in [0.15, 0.2) is 60.9 Å². The number of likely N-dealkylation sites (tertiary alicyclic amines) is 2. The molecule has 2 N–H and O–H groups in total. The maximum Gasteiger partial charge on any atom is 0.256 e. The number of pyridine rings is 1. The first-order valence-corrected chi connectivity index (χ1v) is 14.0. The SMILES string of the molecule is CC(=O)N1CCC[C@H]1c1nc2ccc(C#Cc3ccc4nc([C@@H]5CCCN5C(=O)c5cccnc5)[nH]c4c3)cc2[nH]1. The maximum absolute atomic E-state index is 13.1. The summed E-state index contributed by atoms with van der Waals surface area (Å²) in [5.41, 5.74) is 5.87. The Labute approximate surface area is 237 Å². The van der Waals surface area contributed by atoms with Crippen LogP contribution in [0.4, 0.5) is 0 Å². The van der Waals surface area contributed by atoms with Gasteiger partial charge in [-0.2, -0.15) is 0 Å². The van der Waals surface area contributed by atoms with E-state index < -0.39 is 0 Å². The Hall–Kier alpha value is -4.97. The second kappa shape index (κ2) is 10.2. The zero-order valence-corrected chi connectivity index (χ0v) is 22.7. The third-order valence-corrected chi connectivity index (χ3v) is 8.06. The summed E-state index contributed by atoms with van der Waals surface area (Å²) in [7, 11) is 0. The molecule has 9 heteroatoms. The highest BCUT2D eigenvalue weighted by atomic mass is 16.2.